The van der Waals surface area contributed by atoms with Gasteiger partial charge in [0.25, 0.3) is 29.9 Å². The number of anilines is 1. The molecule has 0 aromatic carbocycles. The van der Waals surface area contributed by atoms with Gasteiger partial charge in [-0.2, -0.15) is 0 Å². The first-order chi connectivity index (χ1) is 18.2. The van der Waals surface area contributed by atoms with Crippen molar-refractivity contribution in [2.75, 3.05) is 5.32 Å². The average Bonchev–Trinajstić information content (AvgIpc) is 3.31. The number of rotatable bonds is 8. The maximum absolute atomic E-state index is 14.4. The molecule has 39 heavy (non-hydrogen) atoms. The molecule has 7 N–H and O–H groups in total. The van der Waals surface area contributed by atoms with Gasteiger partial charge in [0.2, 0.25) is 0 Å². The number of nitrogens with two attached hydrogens (primary N) is 2. The Hall–Kier alpha value is -4.08. The van der Waals surface area contributed by atoms with Crippen molar-refractivity contribution in [2.45, 2.75) is 56.8 Å². The molecular formula is C23H23F6N7O3. The average molecular weight is 559 g/mol. The van der Waals surface area contributed by atoms with Crippen molar-refractivity contribution < 1.29 is 40.7 Å². The molecule has 1 aliphatic carbocycles. The number of hydrogen-bond acceptors (Lipinski definition) is 7. The van der Waals surface area contributed by atoms with Gasteiger partial charge in [0.05, 0.1) is 29.0 Å². The van der Waals surface area contributed by atoms with E-state index in [0.29, 0.717) is 0 Å². The predicted molar refractivity (Wildman–Crippen MR) is 124 cm³/mol. The first-order valence-corrected chi connectivity index (χ1v) is 11.5. The summed E-state index contributed by atoms with van der Waals surface area (Å²) in [4.78, 5) is 42.6. The standard InChI is InChI=1S/C23H23F6N7O3/c1-9-14(18(37)21(39)34-22(13(5-30)35-31)7-23(28,29)8-22)12-4-10(24)6-36(12)17(9)20(38)33-11-2-3-32-16(15(11)25)19(26)27/h2-3,5,10,19,35H,4,6-8,30-31H2,1H3,(H,34,39)(H,32,33,38). The normalized spacial score (nSPS) is 19.3. The largest absolute Gasteiger partial charge is 0.403 e. The highest BCUT2D eigenvalue weighted by Gasteiger charge is 2.60. The second-order valence-corrected chi connectivity index (χ2v) is 9.32. The predicted octanol–water partition coefficient (Wildman–Crippen LogP) is 2.14. The third-order valence-electron chi connectivity index (χ3n) is 6.74. The Balaban J connectivity index is 1.67. The molecule has 3 heterocycles. The number of carbonyl (C=O) groups excluding carboxylic acids is 3. The molecule has 1 aliphatic heterocycles. The van der Waals surface area contributed by atoms with Crippen LogP contribution in [0.2, 0.25) is 0 Å². The quantitative estimate of drug-likeness (QED) is 0.109. The molecule has 1 atom stereocenters. The van der Waals surface area contributed by atoms with Crippen LogP contribution in [0.4, 0.5) is 32.0 Å². The molecule has 210 valence electrons. The number of hydrazine groups is 1. The second-order valence-electron chi connectivity index (χ2n) is 9.32. The molecule has 16 heteroatoms. The van der Waals surface area contributed by atoms with Crippen LogP contribution in [0.5, 0.6) is 0 Å². The summed E-state index contributed by atoms with van der Waals surface area (Å²) >= 11 is 0. The van der Waals surface area contributed by atoms with Crippen LogP contribution in [0, 0.1) is 12.7 Å². The van der Waals surface area contributed by atoms with Crippen molar-refractivity contribution in [3.63, 3.8) is 0 Å². The van der Waals surface area contributed by atoms with E-state index in [0.717, 1.165) is 23.0 Å². The molecule has 1 saturated carbocycles. The number of carbonyl (C=O) groups is 3. The SMILES string of the molecule is Cc1c(C(=O)C(=O)NC2(C(=CN)NN)CC(F)(F)C2)c2n(c1C(=O)Nc1ccnc(C(F)F)c1F)CC(F)C2. The minimum Gasteiger partial charge on any atom is -0.403 e. The van der Waals surface area contributed by atoms with Gasteiger partial charge >= 0.3 is 0 Å². The van der Waals surface area contributed by atoms with E-state index in [1.807, 2.05) is 0 Å². The highest BCUT2D eigenvalue weighted by molar-refractivity contribution is 6.44. The molecule has 4 rings (SSSR count). The molecule has 1 unspecified atom stereocenters. The lowest BCUT2D eigenvalue weighted by Gasteiger charge is -2.48. The van der Waals surface area contributed by atoms with E-state index < -0.39 is 71.7 Å². The van der Waals surface area contributed by atoms with E-state index >= 15 is 0 Å². The smallest absolute Gasteiger partial charge is 0.293 e. The molecule has 0 spiro atoms. The molecule has 0 radical (unpaired) electrons. The monoisotopic (exact) mass is 559 g/mol. The topological polar surface area (TPSA) is 157 Å². The Morgan fingerprint density at radius 3 is 2.49 bits per heavy atom. The van der Waals surface area contributed by atoms with Gasteiger partial charge in [0.15, 0.2) is 5.82 Å². The number of ketones is 1. The number of nitrogens with one attached hydrogen (secondary N) is 3. The van der Waals surface area contributed by atoms with Gasteiger partial charge in [-0.1, -0.05) is 0 Å². The van der Waals surface area contributed by atoms with Crippen LogP contribution in [-0.4, -0.2) is 44.8 Å². The van der Waals surface area contributed by atoms with Gasteiger partial charge in [-0.25, -0.2) is 26.3 Å². The lowest BCUT2D eigenvalue weighted by atomic mass is 9.71. The summed E-state index contributed by atoms with van der Waals surface area (Å²) in [5.41, 5.74) is 3.01. The molecule has 0 bridgehead atoms. The lowest BCUT2D eigenvalue weighted by Crippen LogP contribution is -2.66. The van der Waals surface area contributed by atoms with Gasteiger partial charge < -0.3 is 26.4 Å². The van der Waals surface area contributed by atoms with Gasteiger partial charge in [-0.3, -0.25) is 25.2 Å². The van der Waals surface area contributed by atoms with E-state index in [2.05, 4.69) is 21.0 Å². The Labute approximate surface area is 216 Å². The molecule has 1 fully saturated rings. The van der Waals surface area contributed by atoms with Gasteiger partial charge in [-0.15, -0.1) is 0 Å². The lowest BCUT2D eigenvalue weighted by molar-refractivity contribution is -0.138. The molecule has 2 aromatic rings. The Morgan fingerprint density at radius 2 is 1.92 bits per heavy atom. The summed E-state index contributed by atoms with van der Waals surface area (Å²) in [6, 6.07) is 0.932. The zero-order valence-electron chi connectivity index (χ0n) is 20.3. The number of hydrogen-bond donors (Lipinski definition) is 5. The number of amides is 2. The molecular weight excluding hydrogens is 536 g/mol. The van der Waals surface area contributed by atoms with E-state index in [1.54, 1.807) is 0 Å². The minimum atomic E-state index is -3.26. The third kappa shape index (κ3) is 4.79. The zero-order chi connectivity index (χ0) is 28.9. The summed E-state index contributed by atoms with van der Waals surface area (Å²) < 4.78 is 83.5. The fourth-order valence-corrected chi connectivity index (χ4v) is 5.09. The summed E-state index contributed by atoms with van der Waals surface area (Å²) in [7, 11) is 0. The maximum Gasteiger partial charge on any atom is 0.293 e. The van der Waals surface area contributed by atoms with Crippen LogP contribution < -0.4 is 27.6 Å². The van der Waals surface area contributed by atoms with Crippen molar-refractivity contribution >= 4 is 23.3 Å². The molecule has 2 amide bonds. The Morgan fingerprint density at radius 1 is 1.26 bits per heavy atom. The van der Waals surface area contributed by atoms with E-state index in [9.17, 15) is 40.7 Å². The van der Waals surface area contributed by atoms with Crippen LogP contribution in [-0.2, 0) is 17.8 Å². The first-order valence-electron chi connectivity index (χ1n) is 11.5. The van der Waals surface area contributed by atoms with Crippen molar-refractivity contribution in [3.05, 3.63) is 58.2 Å². The minimum absolute atomic E-state index is 0.0201. The molecule has 2 aliphatic rings. The summed E-state index contributed by atoms with van der Waals surface area (Å²) in [6.07, 6.45) is -5.26. The number of halogens is 6. The summed E-state index contributed by atoms with van der Waals surface area (Å²) in [5.74, 6) is -2.97. The Kier molecular flexibility index (Phi) is 7.10. The van der Waals surface area contributed by atoms with Gasteiger partial charge in [0.1, 0.15) is 17.6 Å². The molecule has 2 aromatic heterocycles. The van der Waals surface area contributed by atoms with Crippen LogP contribution >= 0.6 is 0 Å². The van der Waals surface area contributed by atoms with E-state index in [-0.39, 0.29) is 41.2 Å². The fourth-order valence-electron chi connectivity index (χ4n) is 5.09. The van der Waals surface area contributed by atoms with Gasteiger partial charge in [0, 0.05) is 37.4 Å². The number of pyridine rings is 1. The zero-order valence-corrected chi connectivity index (χ0v) is 20.3. The third-order valence-corrected chi connectivity index (χ3v) is 6.74. The molecule has 0 saturated heterocycles. The fraction of sp³-hybridized carbons (Fsp3) is 0.391. The van der Waals surface area contributed by atoms with E-state index in [4.69, 9.17) is 11.6 Å². The van der Waals surface area contributed by atoms with Crippen LogP contribution in [0.25, 0.3) is 0 Å². The highest BCUT2D eigenvalue weighted by Crippen LogP contribution is 2.48. The first kappa shape index (κ1) is 27.9. The number of nitrogens with zero attached hydrogens (tertiary/aromatic N) is 2. The van der Waals surface area contributed by atoms with Crippen molar-refractivity contribution in [1.82, 2.24) is 20.3 Å². The van der Waals surface area contributed by atoms with Crippen LogP contribution in [0.15, 0.2) is 24.2 Å². The van der Waals surface area contributed by atoms with Crippen molar-refractivity contribution in [1.29, 1.82) is 0 Å². The number of aromatic nitrogens is 2. The maximum atomic E-state index is 14.4. The second kappa shape index (κ2) is 9.91. The van der Waals surface area contributed by atoms with Gasteiger partial charge in [-0.05, 0) is 18.6 Å². The van der Waals surface area contributed by atoms with Crippen molar-refractivity contribution in [3.8, 4) is 0 Å². The van der Waals surface area contributed by atoms with Crippen LogP contribution in [0.3, 0.4) is 0 Å². The highest BCUT2D eigenvalue weighted by atomic mass is 19.3. The number of alkyl halides is 5. The summed E-state index contributed by atoms with van der Waals surface area (Å²) in [5, 5.41) is 4.34. The van der Waals surface area contributed by atoms with Crippen LogP contribution in [0.1, 0.15) is 57.1 Å². The molecule has 10 nitrogen and oxygen atoms in total. The van der Waals surface area contributed by atoms with Crippen molar-refractivity contribution in [2.24, 2.45) is 11.6 Å². The Bertz CT molecular complexity index is 1380. The number of Topliss-reactive ketones (excluding diaryl/α,β-unsaturated/α-hetero) is 1. The number of fused-ring (bicyclic) bond motifs is 1. The summed E-state index contributed by atoms with van der Waals surface area (Å²) in [6.45, 7) is 0.893. The van der Waals surface area contributed by atoms with E-state index in [1.165, 1.54) is 6.92 Å².